The minimum absolute atomic E-state index is 0.319. The van der Waals surface area contributed by atoms with Gasteiger partial charge in [0.05, 0.1) is 0 Å². The smallest absolute Gasteiger partial charge is 0.244 e. The van der Waals surface area contributed by atoms with Crippen LogP contribution in [0.3, 0.4) is 0 Å². The zero-order valence-corrected chi connectivity index (χ0v) is 8.88. The van der Waals surface area contributed by atoms with Crippen LogP contribution >= 0.6 is 0 Å². The van der Waals surface area contributed by atoms with Crippen molar-refractivity contribution in [2.75, 3.05) is 13.6 Å². The Labute approximate surface area is 89.6 Å². The fourth-order valence-electron chi connectivity index (χ4n) is 0.930. The normalized spacial score (nSPS) is 9.47. The van der Waals surface area contributed by atoms with E-state index in [9.17, 15) is 9.59 Å². The van der Waals surface area contributed by atoms with Gasteiger partial charge in [0.2, 0.25) is 11.8 Å². The number of carbonyl (C=O) groups is 2. The van der Waals surface area contributed by atoms with Crippen molar-refractivity contribution in [1.29, 1.82) is 0 Å². The highest BCUT2D eigenvalue weighted by Crippen LogP contribution is 1.87. The van der Waals surface area contributed by atoms with E-state index < -0.39 is 6.17 Å². The fourth-order valence-corrected chi connectivity index (χ4v) is 0.930. The van der Waals surface area contributed by atoms with Gasteiger partial charge >= 0.3 is 0 Å². The lowest BCUT2D eigenvalue weighted by molar-refractivity contribution is -0.119. The Kier molecular flexibility index (Phi) is 6.92. The van der Waals surface area contributed by atoms with Crippen molar-refractivity contribution in [2.24, 2.45) is 0 Å². The summed E-state index contributed by atoms with van der Waals surface area (Å²) in [5, 5.41) is 8.11. The van der Waals surface area contributed by atoms with Crippen molar-refractivity contribution in [3.05, 3.63) is 25.3 Å². The van der Waals surface area contributed by atoms with Crippen LogP contribution in [0.5, 0.6) is 0 Å². The minimum Gasteiger partial charge on any atom is -0.332 e. The van der Waals surface area contributed by atoms with Crippen LogP contribution in [0.4, 0.5) is 0 Å². The number of amides is 2. The van der Waals surface area contributed by atoms with Crippen LogP contribution in [0.1, 0.15) is 6.42 Å². The van der Waals surface area contributed by atoms with E-state index in [0.717, 1.165) is 12.2 Å². The molecule has 0 heterocycles. The summed E-state index contributed by atoms with van der Waals surface area (Å²) in [4.78, 5) is 22.1. The predicted octanol–water partition coefficient (Wildman–Crippen LogP) is -0.474. The number of nitrogens with one attached hydrogen (secondary N) is 3. The van der Waals surface area contributed by atoms with Crippen molar-refractivity contribution in [1.82, 2.24) is 16.0 Å². The van der Waals surface area contributed by atoms with E-state index in [0.29, 0.717) is 13.0 Å². The van der Waals surface area contributed by atoms with Crippen LogP contribution < -0.4 is 16.0 Å². The third-order valence-corrected chi connectivity index (χ3v) is 1.69. The zero-order valence-electron chi connectivity index (χ0n) is 8.88. The summed E-state index contributed by atoms with van der Waals surface area (Å²) in [5.41, 5.74) is 0. The van der Waals surface area contributed by atoms with Gasteiger partial charge in [-0.15, -0.1) is 0 Å². The molecule has 0 aromatic heterocycles. The van der Waals surface area contributed by atoms with Crippen LogP contribution in [0.25, 0.3) is 0 Å². The molecule has 0 spiro atoms. The summed E-state index contributed by atoms with van der Waals surface area (Å²) < 4.78 is 0. The lowest BCUT2D eigenvalue weighted by Gasteiger charge is -2.18. The Morgan fingerprint density at radius 3 is 2.00 bits per heavy atom. The van der Waals surface area contributed by atoms with Gasteiger partial charge in [-0.25, -0.2) is 0 Å². The molecule has 0 atom stereocenters. The molecule has 0 bridgehead atoms. The van der Waals surface area contributed by atoms with Gasteiger partial charge < -0.3 is 16.0 Å². The lowest BCUT2D eigenvalue weighted by Crippen LogP contribution is -2.48. The second kappa shape index (κ2) is 7.75. The molecule has 0 aromatic carbocycles. The first kappa shape index (κ1) is 13.4. The summed E-state index contributed by atoms with van der Waals surface area (Å²) in [7, 11) is 1.79. The predicted molar refractivity (Wildman–Crippen MR) is 59.0 cm³/mol. The molecule has 0 unspecified atom stereocenters. The molecular weight excluding hydrogens is 194 g/mol. The second-order valence-corrected chi connectivity index (χ2v) is 2.87. The van der Waals surface area contributed by atoms with Gasteiger partial charge in [0.1, 0.15) is 6.17 Å². The van der Waals surface area contributed by atoms with Crippen molar-refractivity contribution in [3.8, 4) is 0 Å². The molecule has 0 radical (unpaired) electrons. The van der Waals surface area contributed by atoms with Crippen LogP contribution in [-0.4, -0.2) is 31.6 Å². The summed E-state index contributed by atoms with van der Waals surface area (Å²) in [6, 6.07) is 0. The molecule has 5 heteroatoms. The van der Waals surface area contributed by atoms with Crippen LogP contribution in [0, 0.1) is 0 Å². The Hall–Kier alpha value is -1.62. The highest BCUT2D eigenvalue weighted by atomic mass is 16.2. The highest BCUT2D eigenvalue weighted by Gasteiger charge is 2.10. The Morgan fingerprint density at radius 2 is 1.67 bits per heavy atom. The second-order valence-electron chi connectivity index (χ2n) is 2.87. The highest BCUT2D eigenvalue weighted by molar-refractivity contribution is 5.89. The molecule has 0 saturated heterocycles. The Morgan fingerprint density at radius 1 is 1.20 bits per heavy atom. The van der Waals surface area contributed by atoms with Crippen LogP contribution in [0.2, 0.25) is 0 Å². The van der Waals surface area contributed by atoms with E-state index >= 15 is 0 Å². The minimum atomic E-state index is -0.409. The summed E-state index contributed by atoms with van der Waals surface area (Å²) in [6.45, 7) is 7.35. The summed E-state index contributed by atoms with van der Waals surface area (Å²) in [5.74, 6) is -0.638. The molecule has 0 saturated carbocycles. The molecule has 0 aliphatic rings. The maximum atomic E-state index is 11.0. The van der Waals surface area contributed by atoms with Crippen molar-refractivity contribution in [2.45, 2.75) is 12.6 Å². The number of hydrogen-bond donors (Lipinski definition) is 3. The third kappa shape index (κ3) is 6.45. The first-order chi connectivity index (χ1) is 7.13. The fraction of sp³-hybridized carbons (Fsp3) is 0.400. The van der Waals surface area contributed by atoms with E-state index in [4.69, 9.17) is 0 Å². The van der Waals surface area contributed by atoms with E-state index in [1.807, 2.05) is 0 Å². The first-order valence-corrected chi connectivity index (χ1v) is 4.64. The van der Waals surface area contributed by atoms with Gasteiger partial charge in [-0.1, -0.05) is 13.2 Å². The molecule has 84 valence electrons. The van der Waals surface area contributed by atoms with Crippen molar-refractivity contribution in [3.63, 3.8) is 0 Å². The quantitative estimate of drug-likeness (QED) is 0.394. The van der Waals surface area contributed by atoms with Gasteiger partial charge in [0.15, 0.2) is 0 Å². The van der Waals surface area contributed by atoms with E-state index in [1.54, 1.807) is 7.05 Å². The summed E-state index contributed by atoms with van der Waals surface area (Å²) in [6.07, 6.45) is 2.50. The third-order valence-electron chi connectivity index (χ3n) is 1.69. The van der Waals surface area contributed by atoms with Crippen LogP contribution in [-0.2, 0) is 9.59 Å². The first-order valence-electron chi connectivity index (χ1n) is 4.64. The number of hydrogen-bond acceptors (Lipinski definition) is 3. The monoisotopic (exact) mass is 211 g/mol. The molecule has 2 amide bonds. The van der Waals surface area contributed by atoms with E-state index in [1.165, 1.54) is 0 Å². The van der Waals surface area contributed by atoms with E-state index in [-0.39, 0.29) is 11.8 Å². The number of rotatable bonds is 7. The molecule has 0 aromatic rings. The lowest BCUT2D eigenvalue weighted by atomic mass is 10.3. The van der Waals surface area contributed by atoms with E-state index in [2.05, 4.69) is 29.1 Å². The van der Waals surface area contributed by atoms with Crippen LogP contribution in [0.15, 0.2) is 25.3 Å². The van der Waals surface area contributed by atoms with Gasteiger partial charge in [0, 0.05) is 0 Å². The molecule has 0 rings (SSSR count). The molecule has 3 N–H and O–H groups in total. The molecular formula is C10H17N3O2. The number of carbonyl (C=O) groups excluding carboxylic acids is 2. The maximum absolute atomic E-state index is 11.0. The van der Waals surface area contributed by atoms with Gasteiger partial charge in [-0.05, 0) is 32.2 Å². The SMILES string of the molecule is C=CC(=O)NC(CCNC)NC(=O)C=C. The average molecular weight is 211 g/mol. The summed E-state index contributed by atoms with van der Waals surface area (Å²) >= 11 is 0. The van der Waals surface area contributed by atoms with Gasteiger partial charge in [-0.2, -0.15) is 0 Å². The molecule has 0 aliphatic heterocycles. The molecule has 5 nitrogen and oxygen atoms in total. The zero-order chi connectivity index (χ0) is 11.7. The van der Waals surface area contributed by atoms with Gasteiger partial charge in [-0.3, -0.25) is 9.59 Å². The largest absolute Gasteiger partial charge is 0.332 e. The molecule has 15 heavy (non-hydrogen) atoms. The average Bonchev–Trinajstić information content (AvgIpc) is 2.25. The maximum Gasteiger partial charge on any atom is 0.244 e. The standard InChI is InChI=1S/C10H17N3O2/c1-4-9(14)12-8(6-7-11-3)13-10(15)5-2/h4-5,8,11H,1-2,6-7H2,3H3,(H,12,14)(H,13,15). The van der Waals surface area contributed by atoms with Gasteiger partial charge in [0.25, 0.3) is 0 Å². The topological polar surface area (TPSA) is 70.2 Å². The van der Waals surface area contributed by atoms with Crippen molar-refractivity contribution < 1.29 is 9.59 Å². The Balaban J connectivity index is 4.16. The van der Waals surface area contributed by atoms with Crippen molar-refractivity contribution >= 4 is 11.8 Å². The molecule has 0 aliphatic carbocycles. The Bertz CT molecular complexity index is 229. The molecule has 0 fully saturated rings.